The van der Waals surface area contributed by atoms with Crippen molar-refractivity contribution < 1.29 is 54.7 Å². The molecule has 3 heterocycles. The van der Waals surface area contributed by atoms with Crippen LogP contribution in [0.25, 0.3) is 0 Å². The van der Waals surface area contributed by atoms with E-state index in [9.17, 15) is 32.1 Å². The first-order valence-corrected chi connectivity index (χ1v) is 13.0. The van der Waals surface area contributed by atoms with Crippen molar-refractivity contribution in [2.24, 2.45) is 0 Å². The standard InChI is InChI=1S/C21H20ClF4N2O10P/c1-20(23)16(36-19(31)37-21(24,25)26)14(35-17(20)28-7-5-15(29)27-18(28)30)10-34-39(32)33-8-6-13(38-39)11-3-2-4-12(22)9-11/h2-5,7,9,13-14,16-17H,6,8,10H2,1H3,(H,27,29,30)/t13-,14+,16+,17+,20+,39?/m0/s1. The lowest BCUT2D eigenvalue weighted by atomic mass is 9.98. The van der Waals surface area contributed by atoms with E-state index in [4.69, 9.17) is 29.9 Å². The summed E-state index contributed by atoms with van der Waals surface area (Å²) in [6.45, 7) is -0.211. The summed E-state index contributed by atoms with van der Waals surface area (Å²) in [7, 11) is -4.36. The molecule has 0 amide bonds. The zero-order valence-electron chi connectivity index (χ0n) is 19.8. The van der Waals surface area contributed by atoms with Crippen LogP contribution >= 0.6 is 19.4 Å². The molecule has 2 fully saturated rings. The number of nitrogens with one attached hydrogen (secondary N) is 1. The molecular weight excluding hydrogens is 583 g/mol. The molecule has 4 rings (SSSR count). The van der Waals surface area contributed by atoms with Crippen molar-refractivity contribution in [2.75, 3.05) is 13.2 Å². The monoisotopic (exact) mass is 602 g/mol. The normalized spacial score (nSPS) is 31.1. The van der Waals surface area contributed by atoms with Crippen LogP contribution in [-0.2, 0) is 32.3 Å². The Bertz CT molecular complexity index is 1380. The summed E-state index contributed by atoms with van der Waals surface area (Å²) in [6, 6.07) is 7.33. The minimum Gasteiger partial charge on any atom is -0.424 e. The molecule has 2 aliphatic heterocycles. The summed E-state index contributed by atoms with van der Waals surface area (Å²) in [4.78, 5) is 37.3. The van der Waals surface area contributed by atoms with Gasteiger partial charge in [-0.05, 0) is 24.6 Å². The zero-order valence-corrected chi connectivity index (χ0v) is 21.4. The highest BCUT2D eigenvalue weighted by atomic mass is 35.5. The Morgan fingerprint density at radius 2 is 2.05 bits per heavy atom. The summed E-state index contributed by atoms with van der Waals surface area (Å²) in [6.07, 6.45) is -13.3. The van der Waals surface area contributed by atoms with Crippen LogP contribution in [0.4, 0.5) is 22.4 Å². The second-order valence-electron chi connectivity index (χ2n) is 8.55. The van der Waals surface area contributed by atoms with Crippen LogP contribution in [0, 0.1) is 0 Å². The van der Waals surface area contributed by atoms with Gasteiger partial charge in [0.25, 0.3) is 5.56 Å². The van der Waals surface area contributed by atoms with Crippen LogP contribution in [0.2, 0.25) is 5.02 Å². The minimum atomic E-state index is -5.45. The third kappa shape index (κ3) is 6.88. The van der Waals surface area contributed by atoms with Crippen molar-refractivity contribution in [1.29, 1.82) is 0 Å². The van der Waals surface area contributed by atoms with E-state index in [1.807, 2.05) is 4.98 Å². The van der Waals surface area contributed by atoms with Crippen LogP contribution in [0.1, 0.15) is 31.2 Å². The number of carbonyl (C=O) groups is 1. The molecule has 0 spiro atoms. The van der Waals surface area contributed by atoms with Gasteiger partial charge in [-0.3, -0.25) is 27.9 Å². The molecule has 1 aromatic heterocycles. The van der Waals surface area contributed by atoms with E-state index in [0.717, 1.165) is 19.2 Å². The number of benzene rings is 1. The summed E-state index contributed by atoms with van der Waals surface area (Å²) in [5, 5.41) is 0.384. The maximum atomic E-state index is 15.9. The van der Waals surface area contributed by atoms with Gasteiger partial charge in [-0.15, -0.1) is 13.2 Å². The van der Waals surface area contributed by atoms with Crippen molar-refractivity contribution in [3.05, 3.63) is 68.0 Å². The molecule has 6 atom stereocenters. The van der Waals surface area contributed by atoms with Gasteiger partial charge in [0.1, 0.15) is 6.10 Å². The van der Waals surface area contributed by atoms with Gasteiger partial charge in [-0.1, -0.05) is 23.7 Å². The number of ether oxygens (including phenoxy) is 3. The smallest absolute Gasteiger partial charge is 0.424 e. The third-order valence-corrected chi connectivity index (χ3v) is 7.42. The number of H-pyrrole nitrogens is 1. The number of phosphoric acid groups is 1. The molecule has 0 saturated carbocycles. The molecule has 2 aliphatic rings. The van der Waals surface area contributed by atoms with Gasteiger partial charge >= 0.3 is 26.0 Å². The van der Waals surface area contributed by atoms with Crippen LogP contribution in [-0.4, -0.2) is 53.2 Å². The minimum absolute atomic E-state index is 0.0892. The fourth-order valence-corrected chi connectivity index (χ4v) is 5.63. The lowest BCUT2D eigenvalue weighted by Crippen LogP contribution is -2.46. The molecule has 12 nitrogen and oxygen atoms in total. The molecular formula is C21H20ClF4N2O10P. The molecule has 0 aliphatic carbocycles. The number of phosphoric ester groups is 1. The predicted molar refractivity (Wildman–Crippen MR) is 122 cm³/mol. The number of hydrogen-bond acceptors (Lipinski definition) is 10. The Balaban J connectivity index is 1.56. The highest BCUT2D eigenvalue weighted by molar-refractivity contribution is 7.48. The van der Waals surface area contributed by atoms with Gasteiger partial charge in [0.05, 0.1) is 19.3 Å². The van der Waals surface area contributed by atoms with E-state index in [1.54, 1.807) is 24.3 Å². The molecule has 2 saturated heterocycles. The van der Waals surface area contributed by atoms with Crippen LogP contribution < -0.4 is 11.2 Å². The lowest BCUT2D eigenvalue weighted by molar-refractivity contribution is -0.301. The van der Waals surface area contributed by atoms with Gasteiger partial charge < -0.3 is 14.2 Å². The summed E-state index contributed by atoms with van der Waals surface area (Å²) in [5.74, 6) is 0. The van der Waals surface area contributed by atoms with Gasteiger partial charge in [0, 0.05) is 23.7 Å². The largest absolute Gasteiger partial charge is 0.577 e. The van der Waals surface area contributed by atoms with E-state index in [-0.39, 0.29) is 13.0 Å². The molecule has 0 radical (unpaired) electrons. The highest BCUT2D eigenvalue weighted by Crippen LogP contribution is 2.57. The molecule has 0 bridgehead atoms. The maximum absolute atomic E-state index is 15.9. The number of alkyl halides is 4. The fourth-order valence-electron chi connectivity index (χ4n) is 4.04. The summed E-state index contributed by atoms with van der Waals surface area (Å²) in [5.41, 5.74) is -4.30. The molecule has 1 aromatic carbocycles. The first-order valence-electron chi connectivity index (χ1n) is 11.1. The fraction of sp³-hybridized carbons (Fsp3) is 0.476. The zero-order chi connectivity index (χ0) is 28.6. The average Bonchev–Trinajstić information content (AvgIpc) is 3.06. The molecule has 214 valence electrons. The van der Waals surface area contributed by atoms with Gasteiger partial charge in [0.2, 0.25) is 0 Å². The topological polar surface area (TPSA) is 144 Å². The number of rotatable bonds is 6. The Kier molecular flexibility index (Phi) is 8.26. The van der Waals surface area contributed by atoms with E-state index < -0.39 is 68.4 Å². The van der Waals surface area contributed by atoms with Crippen molar-refractivity contribution >= 4 is 25.6 Å². The number of halogens is 5. The van der Waals surface area contributed by atoms with Crippen molar-refractivity contribution in [3.8, 4) is 0 Å². The number of aromatic amines is 1. The van der Waals surface area contributed by atoms with E-state index in [0.29, 0.717) is 15.2 Å². The Morgan fingerprint density at radius 3 is 2.72 bits per heavy atom. The predicted octanol–water partition coefficient (Wildman–Crippen LogP) is 4.16. The first-order chi connectivity index (χ1) is 18.2. The number of hydrogen-bond donors (Lipinski definition) is 1. The first kappa shape index (κ1) is 29.2. The van der Waals surface area contributed by atoms with Crippen LogP contribution in [0.3, 0.4) is 0 Å². The van der Waals surface area contributed by atoms with Gasteiger partial charge in [-0.2, -0.15) is 0 Å². The second kappa shape index (κ2) is 11.0. The molecule has 2 aromatic rings. The highest BCUT2D eigenvalue weighted by Gasteiger charge is 2.59. The van der Waals surface area contributed by atoms with Crippen molar-refractivity contribution in [3.63, 3.8) is 0 Å². The molecule has 39 heavy (non-hydrogen) atoms. The number of aromatic nitrogens is 2. The third-order valence-electron chi connectivity index (χ3n) is 5.71. The molecule has 1 unspecified atom stereocenters. The number of carbonyl (C=O) groups excluding carboxylic acids is 1. The molecule has 18 heteroatoms. The van der Waals surface area contributed by atoms with Crippen molar-refractivity contribution in [1.82, 2.24) is 9.55 Å². The van der Waals surface area contributed by atoms with E-state index in [2.05, 4.69) is 9.47 Å². The summed E-state index contributed by atoms with van der Waals surface area (Å²) >= 11 is 5.99. The van der Waals surface area contributed by atoms with Crippen molar-refractivity contribution in [2.45, 2.75) is 49.9 Å². The Hall–Kier alpha value is -2.75. The lowest BCUT2D eigenvalue weighted by Gasteiger charge is -2.30. The van der Waals surface area contributed by atoms with Crippen LogP contribution in [0.5, 0.6) is 0 Å². The van der Waals surface area contributed by atoms with Gasteiger partial charge in [0.15, 0.2) is 18.0 Å². The second-order valence-corrected chi connectivity index (χ2v) is 10.6. The Morgan fingerprint density at radius 1 is 1.31 bits per heavy atom. The quantitative estimate of drug-likeness (QED) is 0.291. The van der Waals surface area contributed by atoms with E-state index >= 15 is 4.39 Å². The molecule has 1 N–H and O–H groups in total. The Labute approximate surface area is 221 Å². The van der Waals surface area contributed by atoms with Gasteiger partial charge in [-0.25, -0.2) is 18.5 Å². The summed E-state index contributed by atoms with van der Waals surface area (Å²) < 4.78 is 96.3. The SMILES string of the molecule is C[C@@]1(F)[C@H](OC(=O)OC(F)(F)F)[C@@H](COP2(=O)OCC[C@@H](c3cccc(Cl)c3)O2)O[C@H]1n1ccc(=O)[nH]c1=O. The van der Waals surface area contributed by atoms with Crippen LogP contribution in [0.15, 0.2) is 46.1 Å². The maximum Gasteiger partial charge on any atom is 0.577 e. The van der Waals surface area contributed by atoms with E-state index in [1.165, 1.54) is 0 Å². The average molecular weight is 603 g/mol. The number of nitrogens with zero attached hydrogens (tertiary/aromatic N) is 1.